The molecular weight excluding hydrogens is 132 g/mol. The second-order valence-corrected chi connectivity index (χ2v) is 2.73. The first-order valence-electron chi connectivity index (χ1n) is 3.74. The van der Waals surface area contributed by atoms with E-state index < -0.39 is 0 Å². The van der Waals surface area contributed by atoms with Crippen LogP contribution in [0.1, 0.15) is 5.56 Å². The molecule has 53 valence electrons. The van der Waals surface area contributed by atoms with Gasteiger partial charge in [-0.25, -0.2) is 0 Å². The Morgan fingerprint density at radius 1 is 1.09 bits per heavy atom. The second kappa shape index (κ2) is 2.39. The van der Waals surface area contributed by atoms with Crippen molar-refractivity contribution in [2.24, 2.45) is 0 Å². The van der Waals surface area contributed by atoms with E-state index in [1.165, 1.54) is 16.7 Å². The monoisotopic (exact) mass is 141 g/mol. The van der Waals surface area contributed by atoms with Gasteiger partial charge in [-0.2, -0.15) is 0 Å². The van der Waals surface area contributed by atoms with Crippen LogP contribution in [-0.4, -0.2) is 0 Å². The zero-order chi connectivity index (χ0) is 7.68. The number of rotatable bonds is 0. The maximum Gasteiger partial charge on any atom is -0.00670 e. The van der Waals surface area contributed by atoms with Crippen molar-refractivity contribution in [3.63, 3.8) is 0 Å². The zero-order valence-electron chi connectivity index (χ0n) is 6.46. The molecule has 0 unspecified atom stereocenters. The van der Waals surface area contributed by atoms with Gasteiger partial charge in [0.1, 0.15) is 0 Å². The maximum atomic E-state index is 3.28. The molecule has 0 bridgehead atoms. The Kier molecular flexibility index (Phi) is 1.39. The van der Waals surface area contributed by atoms with Crippen molar-refractivity contribution in [3.8, 4) is 11.1 Å². The average molecular weight is 141 g/mol. The van der Waals surface area contributed by atoms with Crippen LogP contribution in [0.4, 0.5) is 0 Å². The van der Waals surface area contributed by atoms with Crippen LogP contribution in [0.2, 0.25) is 0 Å². The maximum absolute atomic E-state index is 3.28. The van der Waals surface area contributed by atoms with Crippen LogP contribution in [0.3, 0.4) is 0 Å². The molecule has 0 spiro atoms. The van der Waals surface area contributed by atoms with Crippen LogP contribution in [0.25, 0.3) is 11.1 Å². The van der Waals surface area contributed by atoms with E-state index in [4.69, 9.17) is 0 Å². The summed E-state index contributed by atoms with van der Waals surface area (Å²) in [5.74, 6) is 0. The van der Waals surface area contributed by atoms with Crippen LogP contribution < -0.4 is 0 Å². The Morgan fingerprint density at radius 3 is 2.82 bits per heavy atom. The van der Waals surface area contributed by atoms with Crippen LogP contribution >= 0.6 is 0 Å². The lowest BCUT2D eigenvalue weighted by atomic mass is 10.2. The van der Waals surface area contributed by atoms with Gasteiger partial charge < -0.3 is 0 Å². The van der Waals surface area contributed by atoms with E-state index in [9.17, 15) is 0 Å². The van der Waals surface area contributed by atoms with Crippen LogP contribution in [-0.2, 0) is 0 Å². The molecule has 0 saturated carbocycles. The van der Waals surface area contributed by atoms with E-state index in [1.807, 2.05) is 12.1 Å². The van der Waals surface area contributed by atoms with Gasteiger partial charge in [-0.05, 0) is 29.7 Å². The SMILES string of the molecule is Cc1[c]c2cccccc-2c1. The average Bonchev–Trinajstić information content (AvgIpc) is 2.17. The minimum atomic E-state index is 1.20. The van der Waals surface area contributed by atoms with Gasteiger partial charge in [0.2, 0.25) is 0 Å². The topological polar surface area (TPSA) is 0 Å². The highest BCUT2D eigenvalue weighted by molar-refractivity contribution is 5.66. The smallest absolute Gasteiger partial charge is 0.00670 e. The van der Waals surface area contributed by atoms with E-state index in [-0.39, 0.29) is 0 Å². The molecule has 2 aliphatic carbocycles. The van der Waals surface area contributed by atoms with Crippen LogP contribution in [0.15, 0.2) is 36.4 Å². The third kappa shape index (κ3) is 1.12. The van der Waals surface area contributed by atoms with E-state index in [1.54, 1.807) is 0 Å². The lowest BCUT2D eigenvalue weighted by molar-refractivity contribution is 1.54. The van der Waals surface area contributed by atoms with E-state index >= 15 is 0 Å². The molecule has 0 aromatic rings. The number of fused-ring (bicyclic) bond motifs is 1. The van der Waals surface area contributed by atoms with Crippen LogP contribution in [0, 0.1) is 13.0 Å². The van der Waals surface area contributed by atoms with Crippen molar-refractivity contribution >= 4 is 0 Å². The number of hydrogen-bond acceptors (Lipinski definition) is 0. The molecule has 0 N–H and O–H groups in total. The number of hydrogen-bond donors (Lipinski definition) is 0. The van der Waals surface area contributed by atoms with Crippen molar-refractivity contribution < 1.29 is 0 Å². The quantitative estimate of drug-likeness (QED) is 0.529. The van der Waals surface area contributed by atoms with E-state index in [0.717, 1.165) is 0 Å². The van der Waals surface area contributed by atoms with Crippen molar-refractivity contribution in [2.45, 2.75) is 6.92 Å². The summed E-state index contributed by atoms with van der Waals surface area (Å²) in [6, 6.07) is 15.7. The van der Waals surface area contributed by atoms with Gasteiger partial charge in [-0.3, -0.25) is 0 Å². The Labute approximate surface area is 66.8 Å². The van der Waals surface area contributed by atoms with Gasteiger partial charge in [-0.1, -0.05) is 36.4 Å². The Balaban J connectivity index is 2.73. The molecule has 0 aliphatic heterocycles. The fraction of sp³-hybridized carbons (Fsp3) is 0.0909. The fourth-order valence-corrected chi connectivity index (χ4v) is 1.28. The summed E-state index contributed by atoms with van der Waals surface area (Å²) in [5.41, 5.74) is 3.69. The highest BCUT2D eigenvalue weighted by Gasteiger charge is 2.00. The summed E-state index contributed by atoms with van der Waals surface area (Å²) in [6.07, 6.45) is 0. The van der Waals surface area contributed by atoms with Crippen molar-refractivity contribution in [1.29, 1.82) is 0 Å². The second-order valence-electron chi connectivity index (χ2n) is 2.73. The molecule has 0 heteroatoms. The van der Waals surface area contributed by atoms with Gasteiger partial charge in [0, 0.05) is 0 Å². The molecule has 0 fully saturated rings. The molecule has 11 heavy (non-hydrogen) atoms. The number of aryl methyl sites for hydroxylation is 1. The lowest BCUT2D eigenvalue weighted by Crippen LogP contribution is -1.60. The van der Waals surface area contributed by atoms with Crippen LogP contribution in [0.5, 0.6) is 0 Å². The molecule has 0 amide bonds. The fourth-order valence-electron chi connectivity index (χ4n) is 1.28. The molecule has 2 aliphatic rings. The van der Waals surface area contributed by atoms with Gasteiger partial charge in [-0.15, -0.1) is 0 Å². The summed E-state index contributed by atoms with van der Waals surface area (Å²) in [4.78, 5) is 0. The summed E-state index contributed by atoms with van der Waals surface area (Å²) in [6.45, 7) is 2.07. The van der Waals surface area contributed by atoms with Gasteiger partial charge >= 0.3 is 0 Å². The Morgan fingerprint density at radius 2 is 1.91 bits per heavy atom. The first-order chi connectivity index (χ1) is 5.36. The van der Waals surface area contributed by atoms with Crippen molar-refractivity contribution in [3.05, 3.63) is 48.0 Å². The molecule has 0 atom stereocenters. The highest BCUT2D eigenvalue weighted by Crippen LogP contribution is 2.22. The predicted octanol–water partition coefficient (Wildman–Crippen LogP) is 2.90. The summed E-state index contributed by atoms with van der Waals surface area (Å²) in [7, 11) is 0. The first kappa shape index (κ1) is 6.41. The molecule has 0 aromatic heterocycles. The van der Waals surface area contributed by atoms with Gasteiger partial charge in [0.05, 0.1) is 0 Å². The van der Waals surface area contributed by atoms with Gasteiger partial charge in [0.25, 0.3) is 0 Å². The predicted molar refractivity (Wildman–Crippen MR) is 46.6 cm³/mol. The summed E-state index contributed by atoms with van der Waals surface area (Å²) < 4.78 is 0. The Hall–Kier alpha value is -1.30. The molecule has 0 saturated heterocycles. The normalized spacial score (nSPS) is 10.3. The minimum absolute atomic E-state index is 1.20. The lowest BCUT2D eigenvalue weighted by Gasteiger charge is -1.85. The molecule has 2 rings (SSSR count). The minimum Gasteiger partial charge on any atom is -0.0622 e. The third-order valence-corrected chi connectivity index (χ3v) is 1.78. The van der Waals surface area contributed by atoms with Crippen molar-refractivity contribution in [2.75, 3.05) is 0 Å². The summed E-state index contributed by atoms with van der Waals surface area (Å²) >= 11 is 0. The molecule has 0 nitrogen and oxygen atoms in total. The summed E-state index contributed by atoms with van der Waals surface area (Å²) in [5, 5.41) is 0. The molecular formula is C11H9. The standard InChI is InChI=1S/C11H9/c1-9-7-10-5-3-2-4-6-11(10)8-9/h2-7H,1H3. The first-order valence-corrected chi connectivity index (χ1v) is 3.74. The Bertz CT molecular complexity index is 305. The third-order valence-electron chi connectivity index (χ3n) is 1.78. The van der Waals surface area contributed by atoms with Crippen molar-refractivity contribution in [1.82, 2.24) is 0 Å². The molecule has 1 radical (unpaired) electrons. The molecule has 0 heterocycles. The van der Waals surface area contributed by atoms with Gasteiger partial charge in [0.15, 0.2) is 0 Å². The largest absolute Gasteiger partial charge is 0.0622 e. The highest BCUT2D eigenvalue weighted by atomic mass is 14.0. The van der Waals surface area contributed by atoms with E-state index in [0.29, 0.717) is 0 Å². The zero-order valence-corrected chi connectivity index (χ0v) is 6.46. The van der Waals surface area contributed by atoms with E-state index in [2.05, 4.69) is 37.3 Å². The molecule has 0 aromatic carbocycles.